The fourth-order valence-corrected chi connectivity index (χ4v) is 7.28. The van der Waals surface area contributed by atoms with Gasteiger partial charge >= 0.3 is 0 Å². The fraction of sp³-hybridized carbons (Fsp3) is 0. The van der Waals surface area contributed by atoms with Crippen molar-refractivity contribution >= 4 is 21.8 Å². The van der Waals surface area contributed by atoms with E-state index in [9.17, 15) is 0 Å². The average molecular weight is 708 g/mol. The van der Waals surface area contributed by atoms with Crippen LogP contribution in [0.3, 0.4) is 0 Å². The molecule has 55 heavy (non-hydrogen) atoms. The first-order valence-corrected chi connectivity index (χ1v) is 18.1. The number of nitrogens with zero attached hydrogens (tertiary/aromatic N) is 4. The highest BCUT2D eigenvalue weighted by Gasteiger charge is 2.19. The van der Waals surface area contributed by atoms with Crippen molar-refractivity contribution in [3.05, 3.63) is 206 Å². The molecule has 10 aromatic rings. The minimum absolute atomic E-state index is 0.110. The molecule has 2 aromatic heterocycles. The van der Waals surface area contributed by atoms with Crippen LogP contribution in [0.4, 0.5) is 0 Å². The summed E-state index contributed by atoms with van der Waals surface area (Å²) in [5, 5.41) is 2.04. The van der Waals surface area contributed by atoms with Gasteiger partial charge in [0.25, 0.3) is 0 Å². The van der Waals surface area contributed by atoms with Crippen LogP contribution in [0.5, 0.6) is 0 Å². The first kappa shape index (κ1) is 27.2. The molecule has 0 unspecified atom stereocenters. The van der Waals surface area contributed by atoms with Crippen molar-refractivity contribution in [3.8, 4) is 73.2 Å². The van der Waals surface area contributed by atoms with Gasteiger partial charge in [-0.2, -0.15) is 0 Å². The standard InChI is InChI=1S/C51H34N4/c1-4-14-35(15-5-1)37-24-28-40(29-25-37)49-52-50(41-30-26-38(27-31-41)36-16-6-2-7-17-36)54-51(53-49)42-32-33-43(39-18-8-3-9-19-39)48(34-42)55-46-22-12-10-20-44(46)45-21-11-13-23-47(45)55/h1-34H/i3D,8D,9D,18D,19D. The van der Waals surface area contributed by atoms with Crippen LogP contribution in [-0.2, 0) is 0 Å². The Hall–Kier alpha value is -7.43. The Bertz CT molecular complexity index is 3060. The molecule has 2 heterocycles. The lowest BCUT2D eigenvalue weighted by atomic mass is 10.0. The Balaban J connectivity index is 1.20. The highest BCUT2D eigenvalue weighted by molar-refractivity contribution is 6.09. The van der Waals surface area contributed by atoms with E-state index in [0.29, 0.717) is 34.3 Å². The highest BCUT2D eigenvalue weighted by atomic mass is 15.0. The quantitative estimate of drug-likeness (QED) is 0.166. The van der Waals surface area contributed by atoms with Gasteiger partial charge in [0.15, 0.2) is 17.5 Å². The number of para-hydroxylation sites is 2. The topological polar surface area (TPSA) is 43.6 Å². The lowest BCUT2D eigenvalue weighted by molar-refractivity contribution is 1.07. The summed E-state index contributed by atoms with van der Waals surface area (Å²) in [7, 11) is 0. The molecule has 0 aliphatic carbocycles. The van der Waals surface area contributed by atoms with Gasteiger partial charge in [-0.05, 0) is 46.0 Å². The van der Waals surface area contributed by atoms with Crippen LogP contribution in [0.1, 0.15) is 6.85 Å². The van der Waals surface area contributed by atoms with E-state index < -0.39 is 18.1 Å². The highest BCUT2D eigenvalue weighted by Crippen LogP contribution is 2.38. The zero-order chi connectivity index (χ0) is 40.9. The second-order valence-corrected chi connectivity index (χ2v) is 13.3. The lowest BCUT2D eigenvalue weighted by Gasteiger charge is -2.16. The van der Waals surface area contributed by atoms with E-state index in [-0.39, 0.29) is 17.6 Å². The number of benzene rings is 8. The average Bonchev–Trinajstić information content (AvgIpc) is 3.65. The molecule has 258 valence electrons. The molecule has 0 radical (unpaired) electrons. The van der Waals surface area contributed by atoms with Crippen molar-refractivity contribution in [1.82, 2.24) is 19.5 Å². The van der Waals surface area contributed by atoms with Crippen molar-refractivity contribution in [2.75, 3.05) is 0 Å². The van der Waals surface area contributed by atoms with Crippen LogP contribution in [0.2, 0.25) is 0 Å². The van der Waals surface area contributed by atoms with Crippen LogP contribution in [-0.4, -0.2) is 19.5 Å². The summed E-state index contributed by atoms with van der Waals surface area (Å²) in [6, 6.07) is 56.7. The molecule has 4 nitrogen and oxygen atoms in total. The van der Waals surface area contributed by atoms with Gasteiger partial charge in [0.2, 0.25) is 0 Å². The molecule has 0 fully saturated rings. The van der Waals surface area contributed by atoms with Crippen molar-refractivity contribution in [2.45, 2.75) is 0 Å². The Morgan fingerprint density at radius 3 is 1.25 bits per heavy atom. The van der Waals surface area contributed by atoms with Gasteiger partial charge in [0, 0.05) is 33.0 Å². The fourth-order valence-electron chi connectivity index (χ4n) is 7.28. The molecule has 0 aliphatic heterocycles. The van der Waals surface area contributed by atoms with Gasteiger partial charge in [-0.25, -0.2) is 15.0 Å². The number of aromatic nitrogens is 4. The van der Waals surface area contributed by atoms with Crippen LogP contribution in [0.15, 0.2) is 206 Å². The van der Waals surface area contributed by atoms with E-state index in [1.54, 1.807) is 0 Å². The SMILES string of the molecule is [2H]c1c([2H])c([2H])c(-c2ccc(-c3nc(-c4ccc(-c5ccccc5)cc4)nc(-c4ccc(-c5ccccc5)cc4)n3)cc2-n2c3ccccc3c3ccccc32)c([2H])c1[2H]. The second kappa shape index (κ2) is 13.8. The van der Waals surface area contributed by atoms with Crippen molar-refractivity contribution in [1.29, 1.82) is 0 Å². The summed E-state index contributed by atoms with van der Waals surface area (Å²) in [6.45, 7) is 0. The molecule has 0 amide bonds. The van der Waals surface area contributed by atoms with Gasteiger partial charge in [-0.1, -0.05) is 188 Å². The molecule has 10 rings (SSSR count). The van der Waals surface area contributed by atoms with Gasteiger partial charge in [0.05, 0.1) is 23.6 Å². The molecular formula is C51H34N4. The Morgan fingerprint density at radius 1 is 0.345 bits per heavy atom. The third-order valence-electron chi connectivity index (χ3n) is 9.98. The maximum Gasteiger partial charge on any atom is 0.164 e. The van der Waals surface area contributed by atoms with Gasteiger partial charge in [-0.15, -0.1) is 0 Å². The molecular weight excluding hydrogens is 669 g/mol. The summed E-state index contributed by atoms with van der Waals surface area (Å²) >= 11 is 0. The number of hydrogen-bond donors (Lipinski definition) is 0. The predicted molar refractivity (Wildman–Crippen MR) is 227 cm³/mol. The lowest BCUT2D eigenvalue weighted by Crippen LogP contribution is -2.02. The first-order chi connectivity index (χ1) is 29.3. The molecule has 0 N–H and O–H groups in total. The van der Waals surface area contributed by atoms with Crippen molar-refractivity contribution < 1.29 is 6.85 Å². The normalized spacial score (nSPS) is 12.5. The molecule has 0 spiro atoms. The van der Waals surface area contributed by atoms with E-state index >= 15 is 0 Å². The summed E-state index contributed by atoms with van der Waals surface area (Å²) in [4.78, 5) is 15.2. The molecule has 0 aliphatic rings. The maximum absolute atomic E-state index is 9.01. The molecule has 4 heteroatoms. The summed E-state index contributed by atoms with van der Waals surface area (Å²) < 4.78 is 45.6. The third-order valence-corrected chi connectivity index (χ3v) is 9.98. The minimum atomic E-state index is -0.442. The third kappa shape index (κ3) is 6.06. The minimum Gasteiger partial charge on any atom is -0.309 e. The van der Waals surface area contributed by atoms with Crippen molar-refractivity contribution in [3.63, 3.8) is 0 Å². The maximum atomic E-state index is 9.01. The van der Waals surface area contributed by atoms with E-state index in [0.717, 1.165) is 55.2 Å². The first-order valence-electron chi connectivity index (χ1n) is 20.6. The van der Waals surface area contributed by atoms with Gasteiger partial charge in [0.1, 0.15) is 0 Å². The Kier molecular flexibility index (Phi) is 6.85. The molecule has 0 saturated heterocycles. The van der Waals surface area contributed by atoms with Gasteiger partial charge in [-0.3, -0.25) is 0 Å². The molecule has 0 saturated carbocycles. The number of hydrogen-bond acceptors (Lipinski definition) is 3. The van der Waals surface area contributed by atoms with Gasteiger partial charge < -0.3 is 4.57 Å². The smallest absolute Gasteiger partial charge is 0.164 e. The Labute approximate surface area is 326 Å². The molecule has 0 atom stereocenters. The predicted octanol–water partition coefficient (Wildman–Crippen LogP) is 13.0. The molecule has 0 bridgehead atoms. The van der Waals surface area contributed by atoms with Crippen LogP contribution in [0.25, 0.3) is 95.0 Å². The molecule has 8 aromatic carbocycles. The van der Waals surface area contributed by atoms with E-state index in [4.69, 9.17) is 21.8 Å². The van der Waals surface area contributed by atoms with Crippen LogP contribution >= 0.6 is 0 Å². The van der Waals surface area contributed by atoms with E-state index in [1.165, 1.54) is 0 Å². The zero-order valence-corrected chi connectivity index (χ0v) is 29.5. The summed E-state index contributed by atoms with van der Waals surface area (Å²) in [5.74, 6) is 1.41. The van der Waals surface area contributed by atoms with E-state index in [2.05, 4.69) is 65.2 Å². The largest absolute Gasteiger partial charge is 0.309 e. The van der Waals surface area contributed by atoms with Crippen molar-refractivity contribution in [2.24, 2.45) is 0 Å². The summed E-state index contributed by atoms with van der Waals surface area (Å²) in [6.07, 6.45) is 0. The number of fused-ring (bicyclic) bond motifs is 3. The second-order valence-electron chi connectivity index (χ2n) is 13.3. The Morgan fingerprint density at radius 2 is 0.745 bits per heavy atom. The zero-order valence-electron chi connectivity index (χ0n) is 34.5. The van der Waals surface area contributed by atoms with E-state index in [1.807, 2.05) is 115 Å². The van der Waals surface area contributed by atoms with Crippen LogP contribution < -0.4 is 0 Å². The monoisotopic (exact) mass is 707 g/mol. The van der Waals surface area contributed by atoms with Crippen LogP contribution in [0, 0.1) is 0 Å². The summed E-state index contributed by atoms with van der Waals surface area (Å²) in [5.41, 5.74) is 9.67. The number of rotatable bonds is 7.